The first-order valence-electron chi connectivity index (χ1n) is 8.18. The van der Waals surface area contributed by atoms with Crippen LogP contribution in [0.2, 0.25) is 0 Å². The number of anilines is 1. The van der Waals surface area contributed by atoms with Crippen molar-refractivity contribution in [2.45, 2.75) is 49.7 Å². The lowest BCUT2D eigenvalue weighted by Gasteiger charge is -2.36. The normalized spacial score (nSPS) is 20.0. The van der Waals surface area contributed by atoms with Gasteiger partial charge >= 0.3 is 0 Å². The van der Waals surface area contributed by atoms with Crippen LogP contribution in [0.25, 0.3) is 0 Å². The highest BCUT2D eigenvalue weighted by atomic mass is 32.2. The fraction of sp³-hybridized carbons (Fsp3) is 0.588. The van der Waals surface area contributed by atoms with E-state index in [1.54, 1.807) is 32.0 Å². The van der Waals surface area contributed by atoms with Crippen LogP contribution in [0, 0.1) is 5.41 Å². The number of amides is 1. The van der Waals surface area contributed by atoms with Gasteiger partial charge in [-0.15, -0.1) is 0 Å². The zero-order valence-electron chi connectivity index (χ0n) is 13.7. The highest BCUT2D eigenvalue weighted by molar-refractivity contribution is 7.92. The highest BCUT2D eigenvalue weighted by Gasteiger charge is 2.45. The second-order valence-electron chi connectivity index (χ2n) is 7.10. The van der Waals surface area contributed by atoms with E-state index in [4.69, 9.17) is 5.73 Å². The fourth-order valence-corrected chi connectivity index (χ4v) is 4.70. The Bertz CT molecular complexity index is 726. The van der Waals surface area contributed by atoms with Gasteiger partial charge < -0.3 is 10.6 Å². The Labute approximate surface area is 137 Å². The topological polar surface area (TPSA) is 80.5 Å². The molecule has 0 unspecified atom stereocenters. The standard InChI is InChI=1S/C17H24N2O3S/c1-12(2)23(21,22)14-5-3-4-13(16(18)20)15(14)19-10-8-17(6-7-17)9-11-19/h3-5,12H,6-11H2,1-2H3,(H2,18,20). The minimum atomic E-state index is -3.48. The van der Waals surface area contributed by atoms with Crippen LogP contribution in [-0.4, -0.2) is 32.7 Å². The zero-order valence-corrected chi connectivity index (χ0v) is 14.5. The van der Waals surface area contributed by atoms with E-state index in [0.29, 0.717) is 16.7 Å². The minimum Gasteiger partial charge on any atom is -0.370 e. The number of hydrogen-bond acceptors (Lipinski definition) is 4. The molecule has 0 bridgehead atoms. The summed E-state index contributed by atoms with van der Waals surface area (Å²) < 4.78 is 25.5. The number of nitrogens with two attached hydrogens (primary N) is 1. The summed E-state index contributed by atoms with van der Waals surface area (Å²) in [6.07, 6.45) is 4.66. The van der Waals surface area contributed by atoms with Crippen molar-refractivity contribution < 1.29 is 13.2 Å². The monoisotopic (exact) mass is 336 g/mol. The summed E-state index contributed by atoms with van der Waals surface area (Å²) in [6.45, 7) is 4.88. The summed E-state index contributed by atoms with van der Waals surface area (Å²) in [6, 6.07) is 4.82. The second kappa shape index (κ2) is 5.51. The quantitative estimate of drug-likeness (QED) is 0.915. The summed E-state index contributed by atoms with van der Waals surface area (Å²) in [4.78, 5) is 14.1. The number of hydrogen-bond donors (Lipinski definition) is 1. The Morgan fingerprint density at radius 3 is 2.26 bits per heavy atom. The number of benzene rings is 1. The van der Waals surface area contributed by atoms with Gasteiger partial charge in [0.15, 0.2) is 9.84 Å². The lowest BCUT2D eigenvalue weighted by atomic mass is 9.93. The van der Waals surface area contributed by atoms with Crippen LogP contribution in [0.3, 0.4) is 0 Å². The van der Waals surface area contributed by atoms with E-state index < -0.39 is 21.0 Å². The first kappa shape index (κ1) is 16.3. The number of nitrogens with zero attached hydrogens (tertiary/aromatic N) is 1. The number of sulfone groups is 1. The molecule has 3 rings (SSSR count). The van der Waals surface area contributed by atoms with Gasteiger partial charge in [-0.05, 0) is 57.1 Å². The van der Waals surface area contributed by atoms with Gasteiger partial charge in [-0.1, -0.05) is 6.07 Å². The van der Waals surface area contributed by atoms with Gasteiger partial charge in [0.25, 0.3) is 5.91 Å². The van der Waals surface area contributed by atoms with E-state index in [-0.39, 0.29) is 4.90 Å². The lowest BCUT2D eigenvalue weighted by molar-refractivity contribution is 0.100. The molecule has 0 radical (unpaired) electrons. The van der Waals surface area contributed by atoms with Crippen molar-refractivity contribution in [2.24, 2.45) is 11.1 Å². The summed E-state index contributed by atoms with van der Waals surface area (Å²) in [7, 11) is -3.48. The predicted octanol–water partition coefficient (Wildman–Crippen LogP) is 2.35. The average Bonchev–Trinajstić information content (AvgIpc) is 3.26. The van der Waals surface area contributed by atoms with Crippen molar-refractivity contribution in [3.05, 3.63) is 23.8 Å². The van der Waals surface area contributed by atoms with Crippen molar-refractivity contribution >= 4 is 21.4 Å². The minimum absolute atomic E-state index is 0.232. The molecule has 2 N–H and O–H groups in total. The third-order valence-corrected chi connectivity index (χ3v) is 7.47. The fourth-order valence-electron chi connectivity index (χ4n) is 3.41. The molecule has 6 heteroatoms. The van der Waals surface area contributed by atoms with Crippen molar-refractivity contribution in [2.75, 3.05) is 18.0 Å². The van der Waals surface area contributed by atoms with E-state index in [9.17, 15) is 13.2 Å². The molecule has 1 aromatic rings. The molecule has 1 saturated carbocycles. The molecule has 5 nitrogen and oxygen atoms in total. The van der Waals surface area contributed by atoms with Crippen molar-refractivity contribution in [3.63, 3.8) is 0 Å². The first-order chi connectivity index (χ1) is 10.8. The maximum atomic E-state index is 12.7. The number of piperidine rings is 1. The van der Waals surface area contributed by atoms with Gasteiger partial charge in [-0.25, -0.2) is 8.42 Å². The van der Waals surface area contributed by atoms with Gasteiger partial charge in [-0.3, -0.25) is 4.79 Å². The highest BCUT2D eigenvalue weighted by Crippen LogP contribution is 2.54. The van der Waals surface area contributed by atoms with Crippen LogP contribution in [-0.2, 0) is 9.84 Å². The van der Waals surface area contributed by atoms with Crippen LogP contribution in [0.15, 0.2) is 23.1 Å². The molecule has 23 heavy (non-hydrogen) atoms. The van der Waals surface area contributed by atoms with Crippen LogP contribution in [0.4, 0.5) is 5.69 Å². The molecule has 2 aliphatic rings. The van der Waals surface area contributed by atoms with Gasteiger partial charge in [-0.2, -0.15) is 0 Å². The molecule has 1 aliphatic heterocycles. The Morgan fingerprint density at radius 2 is 1.78 bits per heavy atom. The number of para-hydroxylation sites is 1. The SMILES string of the molecule is CC(C)S(=O)(=O)c1cccc(C(N)=O)c1N1CCC2(CC1)CC2. The van der Waals surface area contributed by atoms with E-state index in [0.717, 1.165) is 25.9 Å². The third-order valence-electron chi connectivity index (χ3n) is 5.29. The maximum absolute atomic E-state index is 12.7. The molecule has 1 aromatic carbocycles. The number of carbonyl (C=O) groups excluding carboxylic acids is 1. The Hall–Kier alpha value is -1.56. The molecule has 1 saturated heterocycles. The van der Waals surface area contributed by atoms with Gasteiger partial charge in [0.05, 0.1) is 21.4 Å². The van der Waals surface area contributed by atoms with Crippen molar-refractivity contribution in [1.82, 2.24) is 0 Å². The van der Waals surface area contributed by atoms with Gasteiger partial charge in [0.2, 0.25) is 0 Å². The smallest absolute Gasteiger partial charge is 0.250 e. The molecule has 126 valence electrons. The second-order valence-corrected chi connectivity index (χ2v) is 9.57. The summed E-state index contributed by atoms with van der Waals surface area (Å²) in [5.41, 5.74) is 6.80. The van der Waals surface area contributed by atoms with Crippen LogP contribution in [0.5, 0.6) is 0 Å². The lowest BCUT2D eigenvalue weighted by Crippen LogP contribution is -2.37. The molecular formula is C17H24N2O3S. The van der Waals surface area contributed by atoms with E-state index in [2.05, 4.69) is 0 Å². The van der Waals surface area contributed by atoms with E-state index in [1.807, 2.05) is 4.90 Å². The van der Waals surface area contributed by atoms with Crippen LogP contribution >= 0.6 is 0 Å². The molecule has 1 spiro atoms. The molecule has 1 aliphatic carbocycles. The molecule has 0 atom stereocenters. The van der Waals surface area contributed by atoms with Crippen molar-refractivity contribution in [3.8, 4) is 0 Å². The summed E-state index contributed by atoms with van der Waals surface area (Å²) in [5, 5.41) is -0.538. The third kappa shape index (κ3) is 2.84. The maximum Gasteiger partial charge on any atom is 0.250 e. The predicted molar refractivity (Wildman–Crippen MR) is 90.4 cm³/mol. The Kier molecular flexibility index (Phi) is 3.91. The molecule has 2 fully saturated rings. The summed E-state index contributed by atoms with van der Waals surface area (Å²) >= 11 is 0. The Morgan fingerprint density at radius 1 is 1.17 bits per heavy atom. The van der Waals surface area contributed by atoms with Gasteiger partial charge in [0, 0.05) is 13.1 Å². The molecule has 0 aromatic heterocycles. The first-order valence-corrected chi connectivity index (χ1v) is 9.73. The average molecular weight is 336 g/mol. The molecule has 1 amide bonds. The van der Waals surface area contributed by atoms with E-state index in [1.165, 1.54) is 12.8 Å². The number of rotatable bonds is 4. The largest absolute Gasteiger partial charge is 0.370 e. The van der Waals surface area contributed by atoms with E-state index >= 15 is 0 Å². The Balaban J connectivity index is 2.07. The molecule has 1 heterocycles. The van der Waals surface area contributed by atoms with Gasteiger partial charge in [0.1, 0.15) is 0 Å². The van der Waals surface area contributed by atoms with Crippen LogP contribution in [0.1, 0.15) is 49.9 Å². The summed E-state index contributed by atoms with van der Waals surface area (Å²) in [5.74, 6) is -0.576. The number of carbonyl (C=O) groups is 1. The van der Waals surface area contributed by atoms with Crippen molar-refractivity contribution in [1.29, 1.82) is 0 Å². The number of primary amides is 1. The van der Waals surface area contributed by atoms with Crippen LogP contribution < -0.4 is 10.6 Å². The zero-order chi connectivity index (χ0) is 16.8. The molecular weight excluding hydrogens is 312 g/mol.